The smallest absolute Gasteiger partial charge is 0.407 e. The maximum atomic E-state index is 14.3. The minimum absolute atomic E-state index is 0.0121. The highest BCUT2D eigenvalue weighted by Gasteiger charge is 2.44. The average molecular weight is 860 g/mol. The van der Waals surface area contributed by atoms with E-state index in [0.717, 1.165) is 100.0 Å². The van der Waals surface area contributed by atoms with Crippen LogP contribution in [0.3, 0.4) is 0 Å². The van der Waals surface area contributed by atoms with Crippen molar-refractivity contribution in [2.45, 2.75) is 115 Å². The molecule has 332 valence electrons. The van der Waals surface area contributed by atoms with E-state index >= 15 is 0 Å². The zero-order valence-electron chi connectivity index (χ0n) is 36.9. The van der Waals surface area contributed by atoms with E-state index in [1.54, 1.807) is 0 Å². The fourth-order valence-electron chi connectivity index (χ4n) is 10.5. The van der Waals surface area contributed by atoms with Gasteiger partial charge in [-0.25, -0.2) is 14.6 Å². The summed E-state index contributed by atoms with van der Waals surface area (Å²) in [6, 6.07) is 13.0. The first-order valence-electron chi connectivity index (χ1n) is 22.3. The molecule has 0 spiro atoms. The van der Waals surface area contributed by atoms with Crippen molar-refractivity contribution in [3.05, 3.63) is 65.6 Å². The van der Waals surface area contributed by atoms with E-state index in [1.807, 2.05) is 36.8 Å². The van der Waals surface area contributed by atoms with Crippen LogP contribution in [0.25, 0.3) is 33.2 Å². The molecule has 15 nitrogen and oxygen atoms in total. The van der Waals surface area contributed by atoms with Crippen molar-refractivity contribution >= 4 is 46.2 Å². The van der Waals surface area contributed by atoms with Crippen molar-refractivity contribution in [1.82, 2.24) is 30.4 Å². The molecule has 3 N–H and O–H groups in total. The largest absolute Gasteiger partial charge is 0.488 e. The number of rotatable bonds is 9. The monoisotopic (exact) mass is 859 g/mol. The zero-order valence-corrected chi connectivity index (χ0v) is 36.9. The highest BCUT2D eigenvalue weighted by atomic mass is 16.5. The number of methoxy groups -OCH3 is 2. The summed E-state index contributed by atoms with van der Waals surface area (Å²) >= 11 is 0. The highest BCUT2D eigenvalue weighted by Crippen LogP contribution is 2.45. The summed E-state index contributed by atoms with van der Waals surface area (Å²) in [7, 11) is 2.61. The fraction of sp³-hybridized carbons (Fsp3) is 0.500. The van der Waals surface area contributed by atoms with Gasteiger partial charge < -0.3 is 44.4 Å². The predicted molar refractivity (Wildman–Crippen MR) is 237 cm³/mol. The number of carbonyl (C=O) groups is 4. The van der Waals surface area contributed by atoms with Gasteiger partial charge in [-0.15, -0.1) is 0 Å². The van der Waals surface area contributed by atoms with Gasteiger partial charge in [-0.3, -0.25) is 14.6 Å². The topological polar surface area (TPSA) is 177 Å². The van der Waals surface area contributed by atoms with Gasteiger partial charge in [0.25, 0.3) is 0 Å². The van der Waals surface area contributed by atoms with E-state index in [1.165, 1.54) is 14.2 Å². The zero-order chi connectivity index (χ0) is 44.1. The summed E-state index contributed by atoms with van der Waals surface area (Å²) in [5.41, 5.74) is 7.99. The predicted octanol–water partition coefficient (Wildman–Crippen LogP) is 7.38. The molecule has 7 atom stereocenters. The van der Waals surface area contributed by atoms with Crippen molar-refractivity contribution in [1.29, 1.82) is 0 Å². The number of alkyl carbamates (subject to hydrolysis) is 2. The second-order valence-corrected chi connectivity index (χ2v) is 18.1. The quantitative estimate of drug-likeness (QED) is 0.155. The minimum atomic E-state index is -0.756. The molecule has 0 saturated carbocycles. The van der Waals surface area contributed by atoms with Crippen LogP contribution in [0.4, 0.5) is 15.3 Å². The Balaban J connectivity index is 0.932. The molecule has 3 saturated heterocycles. The van der Waals surface area contributed by atoms with Crippen LogP contribution in [-0.4, -0.2) is 107 Å². The summed E-state index contributed by atoms with van der Waals surface area (Å²) in [4.78, 5) is 70.1. The molecule has 0 bridgehead atoms. The van der Waals surface area contributed by atoms with E-state index in [-0.39, 0.29) is 47.8 Å². The van der Waals surface area contributed by atoms with Gasteiger partial charge in [0.2, 0.25) is 11.8 Å². The molecular formula is C48H57N7O8. The van der Waals surface area contributed by atoms with Crippen LogP contribution in [0.15, 0.2) is 53.7 Å². The fourth-order valence-corrected chi connectivity index (χ4v) is 10.5. The average Bonchev–Trinajstić information content (AvgIpc) is 4.12. The Bertz CT molecular complexity index is 2480. The Morgan fingerprint density at radius 3 is 2.33 bits per heavy atom. The molecule has 1 unspecified atom stereocenters. The van der Waals surface area contributed by atoms with Crippen molar-refractivity contribution in [2.24, 2.45) is 16.8 Å². The number of aromatic amines is 1. The Kier molecular flexibility index (Phi) is 11.6. The second-order valence-electron chi connectivity index (χ2n) is 18.1. The lowest BCUT2D eigenvalue weighted by atomic mass is 9.90. The lowest BCUT2D eigenvalue weighted by Gasteiger charge is -2.36. The number of amides is 4. The number of aromatic nitrogens is 2. The Hall–Kier alpha value is -5.96. The van der Waals surface area contributed by atoms with Crippen molar-refractivity contribution in [3.8, 4) is 28.1 Å². The molecule has 4 amide bonds. The van der Waals surface area contributed by atoms with Gasteiger partial charge in [0.1, 0.15) is 30.3 Å². The number of hydrogen-bond acceptors (Lipinski definition) is 10. The van der Waals surface area contributed by atoms with E-state index < -0.39 is 24.3 Å². The van der Waals surface area contributed by atoms with Gasteiger partial charge in [0.15, 0.2) is 0 Å². The van der Waals surface area contributed by atoms with Gasteiger partial charge in [0.05, 0.1) is 50.5 Å². The van der Waals surface area contributed by atoms with Gasteiger partial charge in [-0.05, 0) is 116 Å². The first-order valence-corrected chi connectivity index (χ1v) is 22.3. The molecular weight excluding hydrogens is 803 g/mol. The van der Waals surface area contributed by atoms with E-state index in [0.29, 0.717) is 32.1 Å². The van der Waals surface area contributed by atoms with Crippen molar-refractivity contribution in [3.63, 3.8) is 0 Å². The summed E-state index contributed by atoms with van der Waals surface area (Å²) in [6.45, 7) is 9.41. The van der Waals surface area contributed by atoms with Crippen molar-refractivity contribution in [2.75, 3.05) is 27.4 Å². The van der Waals surface area contributed by atoms with Crippen LogP contribution >= 0.6 is 0 Å². The van der Waals surface area contributed by atoms with Gasteiger partial charge in [-0.2, -0.15) is 0 Å². The van der Waals surface area contributed by atoms with Crippen LogP contribution in [-0.2, 0) is 36.8 Å². The first kappa shape index (κ1) is 42.3. The Morgan fingerprint density at radius 1 is 0.857 bits per heavy atom. The molecule has 63 heavy (non-hydrogen) atoms. The molecule has 9 rings (SSSR count). The normalized spacial score (nSPS) is 23.6. The molecule has 0 radical (unpaired) electrons. The number of carbonyl (C=O) groups excluding carboxylic acids is 4. The van der Waals surface area contributed by atoms with E-state index in [9.17, 15) is 19.2 Å². The number of nitrogens with zero attached hydrogens (tertiary/aromatic N) is 4. The number of nitrogens with one attached hydrogen (secondary N) is 3. The van der Waals surface area contributed by atoms with E-state index in [4.69, 9.17) is 28.9 Å². The lowest BCUT2D eigenvalue weighted by Crippen LogP contribution is -2.55. The van der Waals surface area contributed by atoms with Gasteiger partial charge in [0, 0.05) is 42.3 Å². The minimum Gasteiger partial charge on any atom is -0.488 e. The molecule has 6 heterocycles. The number of likely N-dealkylation sites (tertiary alicyclic amines) is 2. The molecule has 15 heteroatoms. The number of fused-ring (bicyclic) bond motifs is 6. The molecule has 3 aromatic carbocycles. The Labute approximate surface area is 367 Å². The number of imidazole rings is 1. The number of benzene rings is 3. The maximum Gasteiger partial charge on any atom is 0.407 e. The van der Waals surface area contributed by atoms with Crippen LogP contribution < -0.4 is 15.4 Å². The number of hydrogen-bond donors (Lipinski definition) is 3. The third-order valence-corrected chi connectivity index (χ3v) is 13.8. The summed E-state index contributed by atoms with van der Waals surface area (Å²) in [6.07, 6.45) is 6.04. The summed E-state index contributed by atoms with van der Waals surface area (Å²) in [5, 5.41) is 7.75. The summed E-state index contributed by atoms with van der Waals surface area (Å²) in [5.74, 6) is 1.00. The number of ether oxygens (including phenoxy) is 4. The molecule has 5 aliphatic rings. The standard InChI is InChI=1S/C48H57N7O8/c1-25(2)42(52-47(58)60-5)45(56)54-26(3)9-15-39(54)37-20-34-33-21-41-35(19-28(33)12-14-36(34)50-37)32-13-11-29(18-31(32)24-63-41)38-22-49-44(51-38)40-16-10-27(4)55(40)46(57)43(53-48(59)61-6)30-8-7-17-62-23-30/h11-14,18-19,21-22,25-27,30,39-40,42-43H,7-10,15-17,20,23-24H2,1-6H3,(H,49,51)(H,52,58)(H,53,59)/t26-,27-,30?,39-,40-,42-,43-/m0/s1. The van der Waals surface area contributed by atoms with Gasteiger partial charge in [-0.1, -0.05) is 32.0 Å². The molecule has 4 aromatic rings. The van der Waals surface area contributed by atoms with Crippen LogP contribution in [0.5, 0.6) is 5.75 Å². The Morgan fingerprint density at radius 2 is 1.60 bits per heavy atom. The lowest BCUT2D eigenvalue weighted by molar-refractivity contribution is -0.139. The van der Waals surface area contributed by atoms with Crippen molar-refractivity contribution < 1.29 is 38.1 Å². The molecule has 5 aliphatic heterocycles. The number of H-pyrrole nitrogens is 1. The molecule has 0 aliphatic carbocycles. The molecule has 1 aromatic heterocycles. The van der Waals surface area contributed by atoms with Crippen LogP contribution in [0, 0.1) is 11.8 Å². The second kappa shape index (κ2) is 17.3. The maximum absolute atomic E-state index is 14.3. The van der Waals surface area contributed by atoms with Crippen LogP contribution in [0.2, 0.25) is 0 Å². The van der Waals surface area contributed by atoms with E-state index in [2.05, 4.69) is 65.0 Å². The SMILES string of the molecule is COC(=O)N[C@H](C(=O)N1[C@@H](C)CC[C@H]1C1=Nc2ccc3cc4c(cc3c2C1)OCc1cc(-c2cnc([C@@H]3CC[C@H](C)N3C(=O)[C@@H](NC(=O)OC)C3CCCOC3)[nH]2)ccc1-4)C(C)C. The van der Waals surface area contributed by atoms with Crippen LogP contribution in [0.1, 0.15) is 89.2 Å². The third kappa shape index (κ3) is 7.89. The number of aliphatic imine (C=N–C) groups is 1. The molecule has 3 fully saturated rings. The summed E-state index contributed by atoms with van der Waals surface area (Å²) < 4.78 is 21.9. The van der Waals surface area contributed by atoms with Gasteiger partial charge >= 0.3 is 12.2 Å². The highest BCUT2D eigenvalue weighted by molar-refractivity contribution is 6.06. The third-order valence-electron chi connectivity index (χ3n) is 13.8. The first-order chi connectivity index (χ1) is 30.4.